The number of nitrogen functional groups attached to an aromatic ring is 1. The summed E-state index contributed by atoms with van der Waals surface area (Å²) in [7, 11) is 0. The lowest BCUT2D eigenvalue weighted by Crippen LogP contribution is -1.99. The lowest BCUT2D eigenvalue weighted by atomic mass is 10.0. The van der Waals surface area contributed by atoms with E-state index >= 15 is 0 Å². The molecule has 0 aliphatic heterocycles. The number of anilines is 1. The predicted molar refractivity (Wildman–Crippen MR) is 67.6 cm³/mol. The van der Waals surface area contributed by atoms with Crippen LogP contribution in [0, 0.1) is 22.9 Å². The number of benzene rings is 2. The maximum atomic E-state index is 13.6. The number of rotatable bonds is 2. The van der Waals surface area contributed by atoms with Gasteiger partial charge in [-0.3, -0.25) is 10.1 Å². The van der Waals surface area contributed by atoms with Gasteiger partial charge in [-0.05, 0) is 30.2 Å². The van der Waals surface area contributed by atoms with Crippen molar-refractivity contribution in [2.24, 2.45) is 0 Å². The molecule has 18 heavy (non-hydrogen) atoms. The second-order valence-electron chi connectivity index (χ2n) is 3.96. The molecule has 0 radical (unpaired) electrons. The van der Waals surface area contributed by atoms with E-state index < -0.39 is 10.7 Å². The molecule has 0 aliphatic carbocycles. The monoisotopic (exact) mass is 246 g/mol. The highest BCUT2D eigenvalue weighted by Gasteiger charge is 2.16. The van der Waals surface area contributed by atoms with Crippen LogP contribution in [-0.2, 0) is 0 Å². The molecule has 0 heterocycles. The normalized spacial score (nSPS) is 10.3. The summed E-state index contributed by atoms with van der Waals surface area (Å²) in [6.07, 6.45) is 0. The van der Waals surface area contributed by atoms with E-state index in [0.29, 0.717) is 16.7 Å². The number of halogens is 1. The molecule has 0 amide bonds. The molecule has 0 aliphatic rings. The topological polar surface area (TPSA) is 69.2 Å². The third-order valence-electron chi connectivity index (χ3n) is 2.75. The Kier molecular flexibility index (Phi) is 2.97. The smallest absolute Gasteiger partial charge is 0.293 e. The highest BCUT2D eigenvalue weighted by Crippen LogP contribution is 2.32. The zero-order valence-corrected chi connectivity index (χ0v) is 9.68. The Balaban J connectivity index is 2.67. The Hall–Kier alpha value is -2.43. The first-order chi connectivity index (χ1) is 8.50. The van der Waals surface area contributed by atoms with Crippen LogP contribution in [0.25, 0.3) is 11.1 Å². The van der Waals surface area contributed by atoms with Crippen LogP contribution in [0.3, 0.4) is 0 Å². The average Bonchev–Trinajstić information content (AvgIpc) is 2.33. The van der Waals surface area contributed by atoms with Gasteiger partial charge in [0, 0.05) is 11.6 Å². The molecule has 5 heteroatoms. The summed E-state index contributed by atoms with van der Waals surface area (Å²) >= 11 is 0. The van der Waals surface area contributed by atoms with Crippen LogP contribution >= 0.6 is 0 Å². The molecule has 92 valence electrons. The second kappa shape index (κ2) is 4.44. The van der Waals surface area contributed by atoms with Crippen molar-refractivity contribution in [3.8, 4) is 11.1 Å². The number of nitrogens with two attached hydrogens (primary N) is 1. The maximum absolute atomic E-state index is 13.6. The molecule has 2 rings (SSSR count). The van der Waals surface area contributed by atoms with Gasteiger partial charge in [0.2, 0.25) is 0 Å². The van der Waals surface area contributed by atoms with Gasteiger partial charge in [-0.25, -0.2) is 4.39 Å². The van der Waals surface area contributed by atoms with Gasteiger partial charge in [-0.2, -0.15) is 0 Å². The van der Waals surface area contributed by atoms with Crippen molar-refractivity contribution in [2.75, 3.05) is 5.73 Å². The van der Waals surface area contributed by atoms with E-state index in [0.717, 1.165) is 0 Å². The molecule has 0 unspecified atom stereocenters. The lowest BCUT2D eigenvalue weighted by molar-refractivity contribution is -0.383. The fraction of sp³-hybridized carbons (Fsp3) is 0.0769. The third-order valence-corrected chi connectivity index (χ3v) is 2.75. The molecule has 0 saturated heterocycles. The molecule has 0 saturated carbocycles. The Labute approximate surface area is 103 Å². The largest absolute Gasteiger partial charge is 0.393 e. The standard InChI is InChI=1S/C13H11FN2O2/c1-8-6-9(7-12(13(8)15)16(17)18)10-4-2-3-5-11(10)14/h2-7H,15H2,1H3. The number of hydrogen-bond acceptors (Lipinski definition) is 3. The fourth-order valence-corrected chi connectivity index (χ4v) is 1.78. The van der Waals surface area contributed by atoms with E-state index in [4.69, 9.17) is 5.73 Å². The second-order valence-corrected chi connectivity index (χ2v) is 3.96. The zero-order chi connectivity index (χ0) is 13.3. The quantitative estimate of drug-likeness (QED) is 0.502. The lowest BCUT2D eigenvalue weighted by Gasteiger charge is -2.07. The van der Waals surface area contributed by atoms with Crippen LogP contribution in [0.2, 0.25) is 0 Å². The van der Waals surface area contributed by atoms with Gasteiger partial charge in [0.25, 0.3) is 5.69 Å². The van der Waals surface area contributed by atoms with Gasteiger partial charge >= 0.3 is 0 Å². The van der Waals surface area contributed by atoms with Crippen molar-refractivity contribution in [2.45, 2.75) is 6.92 Å². The van der Waals surface area contributed by atoms with Gasteiger partial charge in [-0.15, -0.1) is 0 Å². The van der Waals surface area contributed by atoms with E-state index in [9.17, 15) is 14.5 Å². The van der Waals surface area contributed by atoms with E-state index in [2.05, 4.69) is 0 Å². The van der Waals surface area contributed by atoms with Crippen molar-refractivity contribution in [1.29, 1.82) is 0 Å². The first kappa shape index (κ1) is 12.0. The molecule has 0 aromatic heterocycles. The summed E-state index contributed by atoms with van der Waals surface area (Å²) in [6.45, 7) is 1.66. The van der Waals surface area contributed by atoms with Crippen LogP contribution in [0.4, 0.5) is 15.8 Å². The van der Waals surface area contributed by atoms with E-state index in [1.807, 2.05) is 0 Å². The van der Waals surface area contributed by atoms with Crippen LogP contribution in [-0.4, -0.2) is 4.92 Å². The number of aryl methyl sites for hydroxylation is 1. The van der Waals surface area contributed by atoms with E-state index in [1.54, 1.807) is 31.2 Å². The highest BCUT2D eigenvalue weighted by atomic mass is 19.1. The Morgan fingerprint density at radius 2 is 1.94 bits per heavy atom. The van der Waals surface area contributed by atoms with Crippen molar-refractivity contribution < 1.29 is 9.31 Å². The first-order valence-electron chi connectivity index (χ1n) is 5.30. The van der Waals surface area contributed by atoms with Crippen molar-refractivity contribution in [3.63, 3.8) is 0 Å². The summed E-state index contributed by atoms with van der Waals surface area (Å²) in [4.78, 5) is 10.3. The first-order valence-corrected chi connectivity index (χ1v) is 5.30. The van der Waals surface area contributed by atoms with E-state index in [1.165, 1.54) is 12.1 Å². The summed E-state index contributed by atoms with van der Waals surface area (Å²) in [5.74, 6) is -0.420. The molecule has 2 aromatic carbocycles. The Morgan fingerprint density at radius 3 is 2.56 bits per heavy atom. The van der Waals surface area contributed by atoms with Gasteiger partial charge in [0.15, 0.2) is 0 Å². The minimum Gasteiger partial charge on any atom is -0.393 e. The highest BCUT2D eigenvalue weighted by molar-refractivity contribution is 5.75. The number of hydrogen-bond donors (Lipinski definition) is 1. The molecule has 0 atom stereocenters. The maximum Gasteiger partial charge on any atom is 0.293 e. The zero-order valence-electron chi connectivity index (χ0n) is 9.68. The van der Waals surface area contributed by atoms with Crippen LogP contribution < -0.4 is 5.73 Å². The molecule has 0 fully saturated rings. The number of nitro groups is 1. The molecule has 2 N–H and O–H groups in total. The van der Waals surface area contributed by atoms with Crippen molar-refractivity contribution in [3.05, 3.63) is 57.9 Å². The summed E-state index contributed by atoms with van der Waals surface area (Å²) < 4.78 is 13.6. The van der Waals surface area contributed by atoms with Gasteiger partial charge in [-0.1, -0.05) is 18.2 Å². The Morgan fingerprint density at radius 1 is 1.28 bits per heavy atom. The summed E-state index contributed by atoms with van der Waals surface area (Å²) in [5, 5.41) is 10.9. The summed E-state index contributed by atoms with van der Waals surface area (Å²) in [6, 6.07) is 9.06. The van der Waals surface area contributed by atoms with Crippen molar-refractivity contribution >= 4 is 11.4 Å². The SMILES string of the molecule is Cc1cc(-c2ccccc2F)cc([N+](=O)[O-])c1N. The van der Waals surface area contributed by atoms with Gasteiger partial charge in [0.05, 0.1) is 4.92 Å². The minimum atomic E-state index is -0.563. The Bertz CT molecular complexity index is 626. The van der Waals surface area contributed by atoms with Crippen LogP contribution in [0.15, 0.2) is 36.4 Å². The molecule has 4 nitrogen and oxygen atoms in total. The average molecular weight is 246 g/mol. The van der Waals surface area contributed by atoms with Gasteiger partial charge < -0.3 is 5.73 Å². The predicted octanol–water partition coefficient (Wildman–Crippen LogP) is 3.29. The van der Waals surface area contributed by atoms with Gasteiger partial charge in [0.1, 0.15) is 11.5 Å². The van der Waals surface area contributed by atoms with E-state index in [-0.39, 0.29) is 11.4 Å². The van der Waals surface area contributed by atoms with Crippen LogP contribution in [0.1, 0.15) is 5.56 Å². The number of nitro benzene ring substituents is 1. The fourth-order valence-electron chi connectivity index (χ4n) is 1.78. The minimum absolute atomic E-state index is 0.111. The molecule has 0 spiro atoms. The number of nitrogens with zero attached hydrogens (tertiary/aromatic N) is 1. The molecular weight excluding hydrogens is 235 g/mol. The van der Waals surface area contributed by atoms with Crippen LogP contribution in [0.5, 0.6) is 0 Å². The molecule has 2 aromatic rings. The summed E-state index contributed by atoms with van der Waals surface area (Å²) in [5.41, 5.74) is 6.87. The molecule has 0 bridgehead atoms. The molecular formula is C13H11FN2O2. The third kappa shape index (κ3) is 2.02. The van der Waals surface area contributed by atoms with Crippen molar-refractivity contribution in [1.82, 2.24) is 0 Å².